The number of amides is 1. The van der Waals surface area contributed by atoms with Crippen molar-refractivity contribution in [3.8, 4) is 12.1 Å². The summed E-state index contributed by atoms with van der Waals surface area (Å²) in [5, 5.41) is 18.7. The van der Waals surface area contributed by atoms with Crippen LogP contribution in [0, 0.1) is 22.7 Å². The first kappa shape index (κ1) is 12.4. The molecule has 0 saturated carbocycles. The van der Waals surface area contributed by atoms with Gasteiger partial charge in [-0.15, -0.1) is 0 Å². The molecule has 1 aromatic carbocycles. The molecule has 0 atom stereocenters. The van der Waals surface area contributed by atoms with Crippen LogP contribution in [0.5, 0.6) is 0 Å². The first-order chi connectivity index (χ1) is 8.77. The maximum atomic E-state index is 12.0. The molecule has 1 fully saturated rings. The van der Waals surface area contributed by atoms with Crippen molar-refractivity contribution in [3.63, 3.8) is 0 Å². The fourth-order valence-corrected chi connectivity index (χ4v) is 3.85. The van der Waals surface area contributed by atoms with Crippen molar-refractivity contribution >= 4 is 26.6 Å². The molecule has 0 spiro atoms. The van der Waals surface area contributed by atoms with Crippen LogP contribution in [0.1, 0.15) is 6.42 Å². The molecule has 18 heavy (non-hydrogen) atoms. The van der Waals surface area contributed by atoms with Crippen LogP contribution in [0.25, 0.3) is 0 Å². The summed E-state index contributed by atoms with van der Waals surface area (Å²) in [4.78, 5) is 13.5. The third-order valence-corrected chi connectivity index (χ3v) is 4.70. The number of hydrogen-bond acceptors (Lipinski definition) is 3. The minimum atomic E-state index is -0.0488. The van der Waals surface area contributed by atoms with Crippen molar-refractivity contribution in [2.45, 2.75) is 11.7 Å². The average molecular weight is 302 g/mol. The molecule has 0 aliphatic carbocycles. The molecule has 0 unspecified atom stereocenters. The van der Waals surface area contributed by atoms with Gasteiger partial charge in [-0.05, 0) is 0 Å². The summed E-state index contributed by atoms with van der Waals surface area (Å²) in [7, 11) is 0. The summed E-state index contributed by atoms with van der Waals surface area (Å²) in [5.41, 5.74) is 0.772. The Labute approximate surface area is 111 Å². The van der Waals surface area contributed by atoms with Gasteiger partial charge in [-0.1, -0.05) is 0 Å². The Bertz CT molecular complexity index is 564. The van der Waals surface area contributed by atoms with E-state index in [4.69, 9.17) is 10.5 Å². The van der Waals surface area contributed by atoms with E-state index in [1.165, 1.54) is 4.90 Å². The van der Waals surface area contributed by atoms with Gasteiger partial charge < -0.3 is 0 Å². The predicted octanol–water partition coefficient (Wildman–Crippen LogP) is 1.80. The molecule has 0 aromatic heterocycles. The van der Waals surface area contributed by atoms with Gasteiger partial charge in [0.1, 0.15) is 0 Å². The van der Waals surface area contributed by atoms with Gasteiger partial charge >= 0.3 is 111 Å². The number of para-hydroxylation sites is 1. The molecule has 4 nitrogen and oxygen atoms in total. The van der Waals surface area contributed by atoms with Gasteiger partial charge in [-0.2, -0.15) is 0 Å². The summed E-state index contributed by atoms with van der Waals surface area (Å²) in [6.45, 7) is 0. The van der Waals surface area contributed by atoms with Crippen LogP contribution in [0.4, 0.5) is 5.69 Å². The van der Waals surface area contributed by atoms with E-state index in [1.807, 2.05) is 42.5 Å². The van der Waals surface area contributed by atoms with E-state index in [9.17, 15) is 4.79 Å². The van der Waals surface area contributed by atoms with Gasteiger partial charge in [0.05, 0.1) is 0 Å². The summed E-state index contributed by atoms with van der Waals surface area (Å²) in [5.74, 6) is -0.0488. The summed E-state index contributed by atoms with van der Waals surface area (Å²) in [6, 6.07) is 12.9. The Kier molecular flexibility index (Phi) is 3.79. The van der Waals surface area contributed by atoms with Crippen molar-refractivity contribution < 1.29 is 4.79 Å². The van der Waals surface area contributed by atoms with E-state index in [2.05, 4.69) is 0 Å². The van der Waals surface area contributed by atoms with Crippen LogP contribution in [-0.4, -0.2) is 20.9 Å². The second kappa shape index (κ2) is 5.51. The summed E-state index contributed by atoms with van der Waals surface area (Å²) >= 11 is -0.00938. The molecule has 1 amide bonds. The first-order valence-corrected chi connectivity index (χ1v) is 7.40. The molecular weight excluding hydrogens is 293 g/mol. The zero-order valence-corrected chi connectivity index (χ0v) is 11.2. The second-order valence-corrected chi connectivity index (χ2v) is 5.84. The van der Waals surface area contributed by atoms with Crippen molar-refractivity contribution in [2.75, 3.05) is 4.90 Å². The normalized spacial score (nSPS) is 14.9. The van der Waals surface area contributed by atoms with E-state index < -0.39 is 0 Å². The molecule has 0 radical (unpaired) electrons. The van der Waals surface area contributed by atoms with Crippen molar-refractivity contribution in [1.29, 1.82) is 10.5 Å². The van der Waals surface area contributed by atoms with Crippen molar-refractivity contribution in [2.24, 2.45) is 0 Å². The number of carbonyl (C=O) groups is 1. The van der Waals surface area contributed by atoms with Crippen LogP contribution in [0.2, 0.25) is 5.32 Å². The first-order valence-electron chi connectivity index (χ1n) is 5.33. The predicted molar refractivity (Wildman–Crippen MR) is 67.4 cm³/mol. The molecule has 88 valence electrons. The molecule has 1 heterocycles. The van der Waals surface area contributed by atoms with Gasteiger partial charge in [0.15, 0.2) is 0 Å². The topological polar surface area (TPSA) is 67.9 Å². The van der Waals surface area contributed by atoms with Crippen molar-refractivity contribution in [1.82, 2.24) is 0 Å². The monoisotopic (exact) mass is 303 g/mol. The fourth-order valence-electron chi connectivity index (χ4n) is 1.67. The van der Waals surface area contributed by atoms with E-state index >= 15 is 0 Å². The molecule has 1 aromatic rings. The van der Waals surface area contributed by atoms with Crippen LogP contribution in [0.15, 0.2) is 40.5 Å². The van der Waals surface area contributed by atoms with E-state index in [0.29, 0.717) is 11.0 Å². The molecule has 1 aliphatic rings. The van der Waals surface area contributed by atoms with E-state index in [-0.39, 0.29) is 26.4 Å². The SMILES string of the molecule is N#CC(C#N)=C1[Se]CCC(=O)N1c1ccccc1. The zero-order valence-electron chi connectivity index (χ0n) is 9.46. The number of nitriles is 2. The summed E-state index contributed by atoms with van der Waals surface area (Å²) < 4.78 is 0.579. The Hall–Kier alpha value is -2.07. The van der Waals surface area contributed by atoms with Crippen LogP contribution in [0.3, 0.4) is 0 Å². The Morgan fingerprint density at radius 3 is 2.50 bits per heavy atom. The molecule has 0 bridgehead atoms. The molecule has 0 N–H and O–H groups in total. The quantitative estimate of drug-likeness (QED) is 0.587. The minimum absolute atomic E-state index is 0.00938. The van der Waals surface area contributed by atoms with Gasteiger partial charge in [-0.25, -0.2) is 0 Å². The third kappa shape index (κ3) is 2.28. The van der Waals surface area contributed by atoms with Gasteiger partial charge in [0.25, 0.3) is 0 Å². The standard InChI is InChI=1S/C13H9N3OSe/c14-8-10(9-15)13-16(12(17)6-7-18-13)11-4-2-1-3-5-11/h1-5H,6-7H2. The molecule has 2 rings (SSSR count). The maximum absolute atomic E-state index is 12.0. The number of anilines is 1. The molecule has 5 heteroatoms. The van der Waals surface area contributed by atoms with Crippen molar-refractivity contribution in [3.05, 3.63) is 40.5 Å². The molecule has 1 saturated heterocycles. The van der Waals surface area contributed by atoms with Gasteiger partial charge in [-0.3, -0.25) is 0 Å². The fraction of sp³-hybridized carbons (Fsp3) is 0.154. The van der Waals surface area contributed by atoms with E-state index in [1.54, 1.807) is 0 Å². The number of nitrogens with zero attached hydrogens (tertiary/aromatic N) is 3. The zero-order chi connectivity index (χ0) is 13.0. The Balaban J connectivity index is 2.53. The second-order valence-electron chi connectivity index (χ2n) is 3.57. The van der Waals surface area contributed by atoms with Gasteiger partial charge in [0.2, 0.25) is 0 Å². The third-order valence-electron chi connectivity index (χ3n) is 2.46. The number of benzene rings is 1. The Morgan fingerprint density at radius 1 is 1.22 bits per heavy atom. The number of allylic oxidation sites excluding steroid dienone is 1. The molecular formula is C13H9N3OSe. The number of hydrogen-bond donors (Lipinski definition) is 0. The Morgan fingerprint density at radius 2 is 1.89 bits per heavy atom. The number of carbonyl (C=O) groups excluding carboxylic acids is 1. The van der Waals surface area contributed by atoms with Gasteiger partial charge in [0, 0.05) is 0 Å². The number of rotatable bonds is 1. The molecule has 1 aliphatic heterocycles. The van der Waals surface area contributed by atoms with Crippen LogP contribution >= 0.6 is 0 Å². The average Bonchev–Trinajstić information content (AvgIpc) is 2.41. The van der Waals surface area contributed by atoms with Crippen LogP contribution < -0.4 is 4.90 Å². The van der Waals surface area contributed by atoms with Crippen LogP contribution in [-0.2, 0) is 4.79 Å². The van der Waals surface area contributed by atoms with E-state index in [0.717, 1.165) is 11.0 Å². The summed E-state index contributed by atoms with van der Waals surface area (Å²) in [6.07, 6.45) is 0.475.